The number of nitrogens with zero attached hydrogens (tertiary/aromatic N) is 1. The second-order valence-corrected chi connectivity index (χ2v) is 9.89. The van der Waals surface area contributed by atoms with Crippen molar-refractivity contribution in [1.29, 1.82) is 0 Å². The Hall–Kier alpha value is -2.53. The number of anilines is 1. The summed E-state index contributed by atoms with van der Waals surface area (Å²) in [6, 6.07) is 3.24. The highest BCUT2D eigenvalue weighted by atomic mass is 32.2. The van der Waals surface area contributed by atoms with E-state index < -0.39 is 33.0 Å². The second-order valence-electron chi connectivity index (χ2n) is 6.91. The van der Waals surface area contributed by atoms with E-state index in [1.165, 1.54) is 12.1 Å². The number of nitrogens with two attached hydrogens (primary N) is 1. The van der Waals surface area contributed by atoms with Crippen LogP contribution in [-0.4, -0.2) is 38.1 Å². The number of hydrogen-bond acceptors (Lipinski definition) is 6. The van der Waals surface area contributed by atoms with Crippen LogP contribution in [0.5, 0.6) is 0 Å². The first-order valence-corrected chi connectivity index (χ1v) is 10.8. The molecule has 0 aliphatic heterocycles. The monoisotopic (exact) mass is 428 g/mol. The molecule has 28 heavy (non-hydrogen) atoms. The molecule has 152 valence electrons. The molecule has 0 atom stereocenters. The number of rotatable bonds is 6. The number of nitrogens with one attached hydrogen (secondary N) is 2. The van der Waals surface area contributed by atoms with Crippen molar-refractivity contribution in [3.63, 3.8) is 0 Å². The first-order valence-electron chi connectivity index (χ1n) is 8.13. The van der Waals surface area contributed by atoms with Crippen LogP contribution in [0.1, 0.15) is 19.5 Å². The molecule has 0 aliphatic carbocycles. The number of sulfone groups is 1. The number of primary amides is 1. The molecule has 0 aliphatic rings. The third-order valence-corrected chi connectivity index (χ3v) is 6.22. The number of urea groups is 1. The van der Waals surface area contributed by atoms with E-state index >= 15 is 0 Å². The van der Waals surface area contributed by atoms with Gasteiger partial charge in [0.15, 0.2) is 15.0 Å². The summed E-state index contributed by atoms with van der Waals surface area (Å²) in [6.07, 6.45) is 0.934. The van der Waals surface area contributed by atoms with Gasteiger partial charge in [0.2, 0.25) is 5.91 Å². The number of thiazole rings is 1. The van der Waals surface area contributed by atoms with Crippen molar-refractivity contribution in [2.24, 2.45) is 11.1 Å². The van der Waals surface area contributed by atoms with E-state index in [0.717, 1.165) is 23.7 Å². The summed E-state index contributed by atoms with van der Waals surface area (Å²) in [5.41, 5.74) is 5.35. The lowest BCUT2D eigenvalue weighted by Crippen LogP contribution is -2.43. The van der Waals surface area contributed by atoms with Crippen LogP contribution in [0.25, 0.3) is 10.4 Å². The largest absolute Gasteiger partial charge is 0.369 e. The topological polar surface area (TPSA) is 131 Å². The normalized spacial score (nSPS) is 11.9. The number of aryl methyl sites for hydroxylation is 1. The molecule has 0 spiro atoms. The van der Waals surface area contributed by atoms with Gasteiger partial charge in [-0.15, -0.1) is 0 Å². The van der Waals surface area contributed by atoms with Crippen molar-refractivity contribution in [3.8, 4) is 10.4 Å². The first kappa shape index (κ1) is 21.8. The van der Waals surface area contributed by atoms with Crippen molar-refractivity contribution in [2.45, 2.75) is 25.7 Å². The van der Waals surface area contributed by atoms with Crippen LogP contribution in [0.15, 0.2) is 23.1 Å². The van der Waals surface area contributed by atoms with Crippen molar-refractivity contribution < 1.29 is 22.4 Å². The van der Waals surface area contributed by atoms with E-state index in [1.807, 2.05) is 0 Å². The predicted octanol–water partition coefficient (Wildman–Crippen LogP) is 2.29. The van der Waals surface area contributed by atoms with Crippen LogP contribution in [0.3, 0.4) is 0 Å². The summed E-state index contributed by atoms with van der Waals surface area (Å²) < 4.78 is 37.2. The molecule has 0 unspecified atom stereocenters. The van der Waals surface area contributed by atoms with E-state index in [4.69, 9.17) is 5.73 Å². The van der Waals surface area contributed by atoms with Gasteiger partial charge in [0.25, 0.3) is 0 Å². The molecule has 0 saturated heterocycles. The molecule has 8 nitrogen and oxygen atoms in total. The van der Waals surface area contributed by atoms with E-state index in [9.17, 15) is 22.4 Å². The molecule has 0 radical (unpaired) electrons. The lowest BCUT2D eigenvalue weighted by atomic mass is 9.93. The van der Waals surface area contributed by atoms with Gasteiger partial charge in [0, 0.05) is 12.8 Å². The van der Waals surface area contributed by atoms with Crippen LogP contribution >= 0.6 is 11.3 Å². The van der Waals surface area contributed by atoms with Gasteiger partial charge in [-0.2, -0.15) is 0 Å². The summed E-state index contributed by atoms with van der Waals surface area (Å²) in [4.78, 5) is 27.7. The summed E-state index contributed by atoms with van der Waals surface area (Å²) >= 11 is 1.11. The van der Waals surface area contributed by atoms with Gasteiger partial charge in [-0.3, -0.25) is 10.1 Å². The van der Waals surface area contributed by atoms with Crippen LogP contribution in [0.2, 0.25) is 0 Å². The molecule has 4 N–H and O–H groups in total. The highest BCUT2D eigenvalue weighted by Gasteiger charge is 2.25. The minimum absolute atomic E-state index is 0.0452. The van der Waals surface area contributed by atoms with Gasteiger partial charge in [-0.25, -0.2) is 22.6 Å². The number of carbonyl (C=O) groups excluding carboxylic acids is 2. The maximum Gasteiger partial charge on any atom is 0.321 e. The van der Waals surface area contributed by atoms with E-state index in [2.05, 4.69) is 15.6 Å². The van der Waals surface area contributed by atoms with Gasteiger partial charge in [-0.05, 0) is 38.5 Å². The zero-order valence-corrected chi connectivity index (χ0v) is 17.4. The van der Waals surface area contributed by atoms with Crippen molar-refractivity contribution >= 4 is 38.2 Å². The van der Waals surface area contributed by atoms with E-state index in [-0.39, 0.29) is 16.6 Å². The minimum atomic E-state index is -3.66. The molecule has 0 bridgehead atoms. The Labute approximate surface area is 166 Å². The second kappa shape index (κ2) is 7.84. The number of hydrogen-bond donors (Lipinski definition) is 3. The fraction of sp³-hybridized carbons (Fsp3) is 0.353. The highest BCUT2D eigenvalue weighted by molar-refractivity contribution is 7.90. The molecule has 2 aromatic rings. The van der Waals surface area contributed by atoms with Crippen LogP contribution in [0.4, 0.5) is 14.3 Å². The van der Waals surface area contributed by atoms with Crippen molar-refractivity contribution in [2.75, 3.05) is 18.1 Å². The number of halogens is 1. The van der Waals surface area contributed by atoms with Gasteiger partial charge >= 0.3 is 6.03 Å². The Bertz CT molecular complexity index is 1030. The third kappa shape index (κ3) is 5.04. The average molecular weight is 429 g/mol. The fourth-order valence-electron chi connectivity index (χ4n) is 2.19. The van der Waals surface area contributed by atoms with E-state index in [0.29, 0.717) is 16.1 Å². The van der Waals surface area contributed by atoms with Gasteiger partial charge in [0.1, 0.15) is 10.7 Å². The summed E-state index contributed by atoms with van der Waals surface area (Å²) in [7, 11) is -3.66. The summed E-state index contributed by atoms with van der Waals surface area (Å²) in [5, 5.41) is 5.37. The molecule has 0 fully saturated rings. The molecular weight excluding hydrogens is 407 g/mol. The Morgan fingerprint density at radius 3 is 2.50 bits per heavy atom. The molecule has 3 amide bonds. The summed E-state index contributed by atoms with van der Waals surface area (Å²) in [6.45, 7) is 4.95. The zero-order valence-electron chi connectivity index (χ0n) is 15.8. The Morgan fingerprint density at radius 2 is 1.96 bits per heavy atom. The molecule has 1 aromatic carbocycles. The Kier molecular flexibility index (Phi) is 6.09. The Balaban J connectivity index is 2.16. The molecule has 11 heteroatoms. The minimum Gasteiger partial charge on any atom is -0.369 e. The van der Waals surface area contributed by atoms with Crippen LogP contribution < -0.4 is 16.4 Å². The highest BCUT2D eigenvalue weighted by Crippen LogP contribution is 2.34. The SMILES string of the molecule is Cc1nc(NC(=O)NCC(C)(C)C(N)=O)sc1-c1ccc(S(C)(=O)=O)c(F)c1. The maximum absolute atomic E-state index is 14.1. The zero-order chi connectivity index (χ0) is 21.3. The van der Waals surface area contributed by atoms with Crippen molar-refractivity contribution in [3.05, 3.63) is 29.7 Å². The van der Waals surface area contributed by atoms with Gasteiger partial charge in [-0.1, -0.05) is 17.4 Å². The quantitative estimate of drug-likeness (QED) is 0.650. The smallest absolute Gasteiger partial charge is 0.321 e. The summed E-state index contributed by atoms with van der Waals surface area (Å²) in [5.74, 6) is -1.39. The van der Waals surface area contributed by atoms with Gasteiger partial charge < -0.3 is 11.1 Å². The molecule has 1 heterocycles. The first-order chi connectivity index (χ1) is 12.8. The fourth-order valence-corrected chi connectivity index (χ4v) is 3.88. The van der Waals surface area contributed by atoms with Gasteiger partial charge in [0.05, 0.1) is 16.0 Å². The van der Waals surface area contributed by atoms with E-state index in [1.54, 1.807) is 20.8 Å². The lowest BCUT2D eigenvalue weighted by molar-refractivity contribution is -0.125. The number of aromatic nitrogens is 1. The molecule has 2 rings (SSSR count). The average Bonchev–Trinajstić information content (AvgIpc) is 2.92. The van der Waals surface area contributed by atoms with Crippen LogP contribution in [0, 0.1) is 18.2 Å². The molecule has 1 aromatic heterocycles. The maximum atomic E-state index is 14.1. The third-order valence-electron chi connectivity index (χ3n) is 3.97. The number of carbonyl (C=O) groups is 2. The predicted molar refractivity (Wildman–Crippen MR) is 105 cm³/mol. The Morgan fingerprint density at radius 1 is 1.32 bits per heavy atom. The van der Waals surface area contributed by atoms with Crippen LogP contribution in [-0.2, 0) is 14.6 Å². The molecular formula is C17H21FN4O4S2. The molecule has 0 saturated carbocycles. The number of amides is 3. The standard InChI is InChI=1S/C17H21FN4O4S2/c1-9-13(10-5-6-12(11(18)7-10)28(4,25)26)27-16(21-9)22-15(24)20-8-17(2,3)14(19)23/h5-7H,8H2,1-4H3,(H2,19,23)(H2,20,21,22,24). The lowest BCUT2D eigenvalue weighted by Gasteiger charge is -2.20. The van der Waals surface area contributed by atoms with Crippen molar-refractivity contribution in [1.82, 2.24) is 10.3 Å². The number of benzene rings is 1.